The fraction of sp³-hybridized carbons (Fsp3) is 0.455. The van der Waals surface area contributed by atoms with Crippen LogP contribution in [-0.4, -0.2) is 58.6 Å². The van der Waals surface area contributed by atoms with E-state index in [2.05, 4.69) is 14.4 Å². The van der Waals surface area contributed by atoms with Gasteiger partial charge in [0.15, 0.2) is 11.5 Å². The summed E-state index contributed by atoms with van der Waals surface area (Å²) in [7, 11) is -3.84. The number of sulfonamides is 1. The zero-order valence-corrected chi connectivity index (χ0v) is 19.6. The van der Waals surface area contributed by atoms with Gasteiger partial charge in [0.25, 0.3) is 0 Å². The molecule has 7 nitrogen and oxygen atoms in total. The van der Waals surface area contributed by atoms with Crippen LogP contribution < -0.4 is 18.9 Å². The van der Waals surface area contributed by atoms with Crippen molar-refractivity contribution in [1.29, 1.82) is 0 Å². The summed E-state index contributed by atoms with van der Waals surface area (Å²) in [6.45, 7) is 2.97. The third kappa shape index (κ3) is 6.68. The van der Waals surface area contributed by atoms with Crippen molar-refractivity contribution in [2.75, 3.05) is 32.8 Å². The number of nitrogens with one attached hydrogen (secondary N) is 1. The minimum Gasteiger partial charge on any atom is -0.486 e. The van der Waals surface area contributed by atoms with E-state index in [1.807, 2.05) is 0 Å². The monoisotopic (exact) mass is 520 g/mol. The van der Waals surface area contributed by atoms with Crippen molar-refractivity contribution in [3.8, 4) is 17.2 Å². The van der Waals surface area contributed by atoms with Crippen molar-refractivity contribution in [1.82, 2.24) is 9.62 Å². The minimum atomic E-state index is -4.83. The molecule has 0 radical (unpaired) electrons. The zero-order valence-electron chi connectivity index (χ0n) is 18.1. The number of hydrogen-bond donors (Lipinski definition) is 1. The van der Waals surface area contributed by atoms with Crippen LogP contribution in [0.25, 0.3) is 0 Å². The largest absolute Gasteiger partial charge is 0.573 e. The second-order valence-electron chi connectivity index (χ2n) is 8.26. The van der Waals surface area contributed by atoms with E-state index in [9.17, 15) is 21.6 Å². The van der Waals surface area contributed by atoms with E-state index >= 15 is 0 Å². The van der Waals surface area contributed by atoms with Gasteiger partial charge >= 0.3 is 6.36 Å². The van der Waals surface area contributed by atoms with E-state index in [0.29, 0.717) is 29.7 Å². The van der Waals surface area contributed by atoms with Gasteiger partial charge in [-0.1, -0.05) is 11.6 Å². The topological polar surface area (TPSA) is 77.1 Å². The van der Waals surface area contributed by atoms with Crippen molar-refractivity contribution in [2.24, 2.45) is 5.92 Å². The maximum atomic E-state index is 12.5. The molecule has 2 aliphatic heterocycles. The van der Waals surface area contributed by atoms with Crippen molar-refractivity contribution in [2.45, 2.75) is 30.2 Å². The van der Waals surface area contributed by atoms with Crippen LogP contribution in [0.3, 0.4) is 0 Å². The molecule has 2 aromatic rings. The first-order valence-corrected chi connectivity index (χ1v) is 12.6. The lowest BCUT2D eigenvalue weighted by Crippen LogP contribution is -2.45. The zero-order chi connectivity index (χ0) is 24.3. The highest BCUT2D eigenvalue weighted by molar-refractivity contribution is 7.89. The molecule has 0 aliphatic carbocycles. The Morgan fingerprint density at radius 2 is 1.79 bits per heavy atom. The number of likely N-dealkylation sites (tertiary alicyclic amines) is 1. The molecule has 0 aromatic heterocycles. The van der Waals surface area contributed by atoms with Gasteiger partial charge in [-0.2, -0.15) is 0 Å². The summed E-state index contributed by atoms with van der Waals surface area (Å²) < 4.78 is 79.9. The molecule has 2 aliphatic rings. The number of rotatable bonds is 7. The molecule has 0 bridgehead atoms. The Morgan fingerprint density at radius 1 is 1.09 bits per heavy atom. The maximum Gasteiger partial charge on any atom is 0.573 e. The van der Waals surface area contributed by atoms with Gasteiger partial charge in [-0.3, -0.25) is 4.90 Å². The highest BCUT2D eigenvalue weighted by Gasteiger charge is 2.31. The third-order valence-corrected chi connectivity index (χ3v) is 7.40. The Balaban J connectivity index is 1.22. The standard InChI is InChI=1S/C22H24ClF3N2O5S/c23-16-1-6-20-21(11-16)32-18(14-31-20)13-28-9-7-15(8-10-28)12-27-34(29,30)19-4-2-17(3-5-19)33-22(24,25)26/h1-6,11,15,18,27H,7-10,12-14H2/t18-/m0/s1. The second-order valence-corrected chi connectivity index (χ2v) is 10.5. The average molecular weight is 521 g/mol. The predicted molar refractivity (Wildman–Crippen MR) is 119 cm³/mol. The van der Waals surface area contributed by atoms with E-state index in [1.54, 1.807) is 18.2 Å². The Kier molecular flexibility index (Phi) is 7.46. The van der Waals surface area contributed by atoms with Crippen LogP contribution in [0.4, 0.5) is 13.2 Å². The SMILES string of the molecule is O=S(=O)(NCC1CCN(C[C@H]2COc3ccc(Cl)cc3O2)CC1)c1ccc(OC(F)(F)F)cc1. The average Bonchev–Trinajstić information content (AvgIpc) is 2.78. The van der Waals surface area contributed by atoms with Crippen LogP contribution in [0.2, 0.25) is 5.02 Å². The van der Waals surface area contributed by atoms with Crippen molar-refractivity contribution < 1.29 is 35.8 Å². The highest BCUT2D eigenvalue weighted by Crippen LogP contribution is 2.34. The van der Waals surface area contributed by atoms with Gasteiger partial charge in [0.05, 0.1) is 4.90 Å². The number of benzene rings is 2. The molecule has 4 rings (SSSR count). The lowest BCUT2D eigenvalue weighted by molar-refractivity contribution is -0.274. The summed E-state index contributed by atoms with van der Waals surface area (Å²) in [4.78, 5) is 2.14. The molecule has 1 atom stereocenters. The van der Waals surface area contributed by atoms with Crippen LogP contribution in [0, 0.1) is 5.92 Å². The summed E-state index contributed by atoms with van der Waals surface area (Å²) in [5.74, 6) is 0.986. The summed E-state index contributed by atoms with van der Waals surface area (Å²) in [6.07, 6.45) is -3.35. The Hall–Kier alpha value is -2.21. The van der Waals surface area contributed by atoms with Gasteiger partial charge in [-0.15, -0.1) is 13.2 Å². The first kappa shape index (κ1) is 24.9. The Bertz CT molecular complexity index is 1090. The Morgan fingerprint density at radius 3 is 2.47 bits per heavy atom. The maximum absolute atomic E-state index is 12.5. The predicted octanol–water partition coefficient (Wildman–Crippen LogP) is 4.07. The molecule has 2 aromatic carbocycles. The van der Waals surface area contributed by atoms with Crippen LogP contribution in [0.15, 0.2) is 47.4 Å². The second kappa shape index (κ2) is 10.2. The van der Waals surface area contributed by atoms with E-state index in [4.69, 9.17) is 21.1 Å². The lowest BCUT2D eigenvalue weighted by atomic mass is 9.97. The smallest absolute Gasteiger partial charge is 0.486 e. The van der Waals surface area contributed by atoms with Crippen LogP contribution >= 0.6 is 11.6 Å². The van der Waals surface area contributed by atoms with Gasteiger partial charge in [-0.05, 0) is 68.2 Å². The van der Waals surface area contributed by atoms with Gasteiger partial charge in [0, 0.05) is 24.2 Å². The van der Waals surface area contributed by atoms with Gasteiger partial charge < -0.3 is 14.2 Å². The van der Waals surface area contributed by atoms with E-state index in [0.717, 1.165) is 50.2 Å². The highest BCUT2D eigenvalue weighted by atomic mass is 35.5. The quantitative estimate of drug-likeness (QED) is 0.593. The van der Waals surface area contributed by atoms with Crippen molar-refractivity contribution >= 4 is 21.6 Å². The van der Waals surface area contributed by atoms with E-state index in [-0.39, 0.29) is 23.5 Å². The van der Waals surface area contributed by atoms with E-state index < -0.39 is 22.1 Å². The van der Waals surface area contributed by atoms with E-state index in [1.165, 1.54) is 0 Å². The number of ether oxygens (including phenoxy) is 3. The number of nitrogens with zero attached hydrogens (tertiary/aromatic N) is 1. The third-order valence-electron chi connectivity index (χ3n) is 5.72. The summed E-state index contributed by atoms with van der Waals surface area (Å²) in [5.41, 5.74) is 0. The molecule has 0 spiro atoms. The van der Waals surface area contributed by atoms with Crippen LogP contribution in [-0.2, 0) is 10.0 Å². The lowest BCUT2D eigenvalue weighted by Gasteiger charge is -2.35. The Labute approximate surface area is 200 Å². The molecule has 1 fully saturated rings. The van der Waals surface area contributed by atoms with Gasteiger partial charge in [0.2, 0.25) is 10.0 Å². The molecule has 12 heteroatoms. The summed E-state index contributed by atoms with van der Waals surface area (Å²) in [5, 5.41) is 0.580. The summed E-state index contributed by atoms with van der Waals surface area (Å²) >= 11 is 6.02. The first-order chi connectivity index (χ1) is 16.1. The summed E-state index contributed by atoms with van der Waals surface area (Å²) in [6, 6.07) is 9.39. The number of fused-ring (bicyclic) bond motifs is 1. The molecule has 2 heterocycles. The molecule has 186 valence electrons. The molecule has 0 saturated carbocycles. The molecular formula is C22H24ClF3N2O5S. The normalized spacial score (nSPS) is 19.7. The number of hydrogen-bond acceptors (Lipinski definition) is 6. The van der Waals surface area contributed by atoms with Crippen LogP contribution in [0.5, 0.6) is 17.2 Å². The minimum absolute atomic E-state index is 0.116. The molecular weight excluding hydrogens is 497 g/mol. The molecule has 0 unspecified atom stereocenters. The number of halogens is 4. The molecule has 34 heavy (non-hydrogen) atoms. The first-order valence-electron chi connectivity index (χ1n) is 10.7. The van der Waals surface area contributed by atoms with Crippen molar-refractivity contribution in [3.63, 3.8) is 0 Å². The molecule has 0 amide bonds. The van der Waals surface area contributed by atoms with Crippen LogP contribution in [0.1, 0.15) is 12.8 Å². The van der Waals surface area contributed by atoms with Crippen molar-refractivity contribution in [3.05, 3.63) is 47.5 Å². The van der Waals surface area contributed by atoms with Gasteiger partial charge in [-0.25, -0.2) is 13.1 Å². The number of piperidine rings is 1. The molecule has 1 saturated heterocycles. The fourth-order valence-corrected chi connectivity index (χ4v) is 5.25. The molecule has 1 N–H and O–H groups in total. The fourth-order valence-electron chi connectivity index (χ4n) is 3.97. The van der Waals surface area contributed by atoms with Gasteiger partial charge in [0.1, 0.15) is 18.5 Å². The number of alkyl halides is 3.